The number of halogens is 3. The monoisotopic (exact) mass is 622 g/mol. The van der Waals surface area contributed by atoms with E-state index in [4.69, 9.17) is 9.47 Å². The van der Waals surface area contributed by atoms with Gasteiger partial charge in [0.15, 0.2) is 0 Å². The van der Waals surface area contributed by atoms with Crippen molar-refractivity contribution in [3.63, 3.8) is 0 Å². The maximum Gasteiger partial charge on any atom is 0.406 e. The van der Waals surface area contributed by atoms with Crippen LogP contribution in [-0.2, 0) is 21.1 Å². The largest absolute Gasteiger partial charge is 0.495 e. The lowest BCUT2D eigenvalue weighted by atomic mass is 10.1. The van der Waals surface area contributed by atoms with E-state index in [9.17, 15) is 21.6 Å². The average molecular weight is 623 g/mol. The highest BCUT2D eigenvalue weighted by molar-refractivity contribution is 7.97. The molecular weight excluding hydrogens is 589 g/mol. The third kappa shape index (κ3) is 7.86. The molecule has 3 aromatic rings. The van der Waals surface area contributed by atoms with Gasteiger partial charge < -0.3 is 24.7 Å². The molecule has 2 fully saturated rings. The molecule has 0 unspecified atom stereocenters. The molecule has 1 aromatic heterocycles. The van der Waals surface area contributed by atoms with Crippen LogP contribution < -0.4 is 15.4 Å². The SMILES string of the molecule is COc1cc(SN2CCOCC2)ccc1NCC#Cc1cc2c(NC3CCS(=O)(=O)CC3)cccc2n1CC(F)(F)F. The molecule has 0 amide bonds. The van der Waals surface area contributed by atoms with Crippen LogP contribution in [0.1, 0.15) is 18.5 Å². The molecule has 0 atom stereocenters. The number of nitrogens with one attached hydrogen (secondary N) is 2. The number of rotatable bonds is 8. The molecule has 2 N–H and O–H groups in total. The first-order chi connectivity index (χ1) is 20.1. The van der Waals surface area contributed by atoms with E-state index >= 15 is 0 Å². The summed E-state index contributed by atoms with van der Waals surface area (Å²) in [6.07, 6.45) is -3.52. The third-order valence-corrected chi connectivity index (χ3v) is 9.96. The Labute approximate surface area is 248 Å². The van der Waals surface area contributed by atoms with Gasteiger partial charge in [0.2, 0.25) is 0 Å². The van der Waals surface area contributed by atoms with Crippen LogP contribution in [-0.4, -0.2) is 81.0 Å². The van der Waals surface area contributed by atoms with Gasteiger partial charge in [-0.05, 0) is 67.1 Å². The zero-order valence-electron chi connectivity index (χ0n) is 23.2. The molecule has 2 aromatic carbocycles. The lowest BCUT2D eigenvalue weighted by molar-refractivity contribution is -0.140. The second-order valence-corrected chi connectivity index (χ2v) is 13.7. The maximum atomic E-state index is 13.6. The summed E-state index contributed by atoms with van der Waals surface area (Å²) in [6, 6.07) is 12.5. The van der Waals surface area contributed by atoms with Gasteiger partial charge in [-0.2, -0.15) is 13.2 Å². The van der Waals surface area contributed by atoms with Gasteiger partial charge in [-0.1, -0.05) is 12.0 Å². The normalized spacial score (nSPS) is 17.9. The molecular formula is C29H33F3N4O4S2. The van der Waals surface area contributed by atoms with Crippen molar-refractivity contribution in [2.24, 2.45) is 0 Å². The van der Waals surface area contributed by atoms with Crippen molar-refractivity contribution in [3.05, 3.63) is 48.2 Å². The number of aromatic nitrogens is 1. The Morgan fingerprint density at radius 2 is 1.86 bits per heavy atom. The summed E-state index contributed by atoms with van der Waals surface area (Å²) >= 11 is 1.64. The van der Waals surface area contributed by atoms with Crippen LogP contribution in [0, 0.1) is 11.8 Å². The highest BCUT2D eigenvalue weighted by atomic mass is 32.2. The first-order valence-corrected chi connectivity index (χ1v) is 16.3. The number of hydrogen-bond donors (Lipinski definition) is 2. The Balaban J connectivity index is 1.32. The summed E-state index contributed by atoms with van der Waals surface area (Å²) in [5, 5.41) is 7.17. The summed E-state index contributed by atoms with van der Waals surface area (Å²) in [6.45, 7) is 2.12. The average Bonchev–Trinajstić information content (AvgIpc) is 3.30. The van der Waals surface area contributed by atoms with Crippen molar-refractivity contribution in [1.29, 1.82) is 0 Å². The first kappa shape index (κ1) is 30.4. The Morgan fingerprint density at radius 3 is 2.57 bits per heavy atom. The number of hydrogen-bond acceptors (Lipinski definition) is 8. The van der Waals surface area contributed by atoms with Crippen molar-refractivity contribution in [3.8, 4) is 17.6 Å². The standard InChI is InChI=1S/C29H33F3N4O4S2/c1-39-28-19-23(41-35-12-14-40-15-13-35)7-8-26(28)33-11-3-4-22-18-24-25(34-21-9-16-42(37,38)17-10-21)5-2-6-27(24)36(22)20-29(30,31)32/h2,5-8,18-19,21,33-34H,9-17,20H2,1H3. The summed E-state index contributed by atoms with van der Waals surface area (Å²) < 4.78 is 78.7. The van der Waals surface area contributed by atoms with Crippen LogP contribution in [0.25, 0.3) is 10.9 Å². The number of anilines is 2. The topological polar surface area (TPSA) is 84.8 Å². The van der Waals surface area contributed by atoms with E-state index in [0.29, 0.717) is 48.4 Å². The molecule has 0 spiro atoms. The number of nitrogens with zero attached hydrogens (tertiary/aromatic N) is 2. The molecule has 8 nitrogen and oxygen atoms in total. The summed E-state index contributed by atoms with van der Waals surface area (Å²) in [4.78, 5) is 1.03. The van der Waals surface area contributed by atoms with E-state index in [0.717, 1.165) is 23.7 Å². The van der Waals surface area contributed by atoms with E-state index in [1.165, 1.54) is 4.57 Å². The van der Waals surface area contributed by atoms with Gasteiger partial charge in [-0.3, -0.25) is 0 Å². The second kappa shape index (κ2) is 13.1. The van der Waals surface area contributed by atoms with Gasteiger partial charge in [0.1, 0.15) is 22.1 Å². The van der Waals surface area contributed by atoms with Gasteiger partial charge in [0.25, 0.3) is 0 Å². The Morgan fingerprint density at radius 1 is 1.10 bits per heavy atom. The molecule has 3 heterocycles. The fourth-order valence-corrected chi connectivity index (χ4v) is 7.46. The Kier molecular flexibility index (Phi) is 9.47. The zero-order valence-corrected chi connectivity index (χ0v) is 24.8. The fourth-order valence-electron chi connectivity index (χ4n) is 5.05. The van der Waals surface area contributed by atoms with Gasteiger partial charge >= 0.3 is 6.18 Å². The predicted octanol–water partition coefficient (Wildman–Crippen LogP) is 5.00. The number of ether oxygens (including phenoxy) is 2. The molecule has 2 saturated heterocycles. The minimum Gasteiger partial charge on any atom is -0.495 e. The molecule has 0 bridgehead atoms. The first-order valence-electron chi connectivity index (χ1n) is 13.7. The maximum absolute atomic E-state index is 13.6. The molecule has 42 heavy (non-hydrogen) atoms. The highest BCUT2D eigenvalue weighted by Crippen LogP contribution is 2.33. The Bertz CT molecular complexity index is 1560. The number of fused-ring (bicyclic) bond motifs is 1. The summed E-state index contributed by atoms with van der Waals surface area (Å²) in [5.41, 5.74) is 2.05. The smallest absolute Gasteiger partial charge is 0.406 e. The molecule has 5 rings (SSSR count). The summed E-state index contributed by atoms with van der Waals surface area (Å²) in [5.74, 6) is 6.72. The van der Waals surface area contributed by atoms with Gasteiger partial charge in [0, 0.05) is 35.1 Å². The zero-order chi connectivity index (χ0) is 29.7. The van der Waals surface area contributed by atoms with Crippen molar-refractivity contribution in [2.45, 2.75) is 36.5 Å². The van der Waals surface area contributed by atoms with Gasteiger partial charge in [-0.25, -0.2) is 12.7 Å². The predicted molar refractivity (Wildman–Crippen MR) is 160 cm³/mol. The number of morpholine rings is 1. The van der Waals surface area contributed by atoms with Crippen LogP contribution in [0.3, 0.4) is 0 Å². The fraction of sp³-hybridized carbons (Fsp3) is 0.448. The van der Waals surface area contributed by atoms with Crippen LogP contribution in [0.4, 0.5) is 24.5 Å². The number of sulfone groups is 1. The number of methoxy groups -OCH3 is 1. The Hall–Kier alpha value is -3.05. The van der Waals surface area contributed by atoms with E-state index in [1.807, 2.05) is 18.2 Å². The van der Waals surface area contributed by atoms with E-state index in [2.05, 4.69) is 26.8 Å². The van der Waals surface area contributed by atoms with E-state index in [1.54, 1.807) is 43.3 Å². The lowest BCUT2D eigenvalue weighted by Gasteiger charge is -2.25. The number of benzene rings is 2. The van der Waals surface area contributed by atoms with Crippen molar-refractivity contribution in [1.82, 2.24) is 8.87 Å². The van der Waals surface area contributed by atoms with Crippen LogP contribution in [0.5, 0.6) is 5.75 Å². The summed E-state index contributed by atoms with van der Waals surface area (Å²) in [7, 11) is -1.44. The number of alkyl halides is 3. The highest BCUT2D eigenvalue weighted by Gasteiger charge is 2.30. The van der Waals surface area contributed by atoms with Gasteiger partial charge in [0.05, 0.1) is 55.3 Å². The minimum absolute atomic E-state index is 0.0718. The van der Waals surface area contributed by atoms with E-state index in [-0.39, 0.29) is 29.8 Å². The van der Waals surface area contributed by atoms with Crippen molar-refractivity contribution >= 4 is 44.1 Å². The molecule has 13 heteroatoms. The van der Waals surface area contributed by atoms with E-state index < -0.39 is 22.6 Å². The lowest BCUT2D eigenvalue weighted by Crippen LogP contribution is -2.32. The van der Waals surface area contributed by atoms with Crippen LogP contribution in [0.2, 0.25) is 0 Å². The van der Waals surface area contributed by atoms with Gasteiger partial charge in [-0.15, -0.1) is 0 Å². The van der Waals surface area contributed by atoms with Crippen LogP contribution in [0.15, 0.2) is 47.4 Å². The minimum atomic E-state index is -4.43. The molecule has 2 aliphatic rings. The van der Waals surface area contributed by atoms with Crippen molar-refractivity contribution in [2.75, 3.05) is 62.1 Å². The molecule has 0 saturated carbocycles. The molecule has 226 valence electrons. The second-order valence-electron chi connectivity index (χ2n) is 10.2. The van der Waals surface area contributed by atoms with Crippen LogP contribution >= 0.6 is 11.9 Å². The molecule has 0 radical (unpaired) electrons. The molecule has 0 aliphatic carbocycles. The quantitative estimate of drug-likeness (QED) is 0.268. The molecule has 2 aliphatic heterocycles. The third-order valence-electron chi connectivity index (χ3n) is 7.16. The van der Waals surface area contributed by atoms with Crippen molar-refractivity contribution < 1.29 is 31.1 Å².